The predicted octanol–water partition coefficient (Wildman–Crippen LogP) is 2.71. The molecule has 7 heteroatoms. The molecule has 0 radical (unpaired) electrons. The van der Waals surface area contributed by atoms with Gasteiger partial charge < -0.3 is 14.5 Å². The number of ether oxygens (including phenoxy) is 1. The Morgan fingerprint density at radius 3 is 2.59 bits per heavy atom. The van der Waals surface area contributed by atoms with E-state index >= 15 is 0 Å². The fourth-order valence-electron chi connectivity index (χ4n) is 3.12. The van der Waals surface area contributed by atoms with E-state index in [-0.39, 0.29) is 17.1 Å². The first-order valence-corrected chi connectivity index (χ1v) is 9.27. The number of nitrogens with zero attached hydrogens (tertiary/aromatic N) is 4. The molecule has 2 fully saturated rings. The highest BCUT2D eigenvalue weighted by molar-refractivity contribution is 6.10. The molecule has 142 valence electrons. The summed E-state index contributed by atoms with van der Waals surface area (Å²) in [6.07, 6.45) is 3.34. The molecule has 1 aromatic carbocycles. The van der Waals surface area contributed by atoms with E-state index in [4.69, 9.17) is 10.1 Å². The molecule has 1 saturated carbocycles. The Morgan fingerprint density at radius 2 is 1.89 bits per heavy atom. The van der Waals surface area contributed by atoms with Crippen molar-refractivity contribution in [1.82, 2.24) is 14.9 Å². The number of piperazine rings is 1. The molecule has 1 N–H and O–H groups in total. The monoisotopic (exact) mass is 369 g/mol. The molecule has 1 aliphatic carbocycles. The van der Waals surface area contributed by atoms with E-state index in [0.717, 1.165) is 44.8 Å². The number of hydrogen-bond donors (Lipinski definition) is 1. The van der Waals surface area contributed by atoms with E-state index in [1.807, 2.05) is 13.0 Å². The number of rotatable bonds is 5. The molecular formula is C20H24FN5O. The van der Waals surface area contributed by atoms with Crippen molar-refractivity contribution >= 4 is 11.5 Å². The molecule has 1 saturated heterocycles. The zero-order valence-corrected chi connectivity index (χ0v) is 15.7. The Hall–Kier alpha value is -2.54. The van der Waals surface area contributed by atoms with Gasteiger partial charge in [0.05, 0.1) is 11.4 Å². The molecule has 0 amide bonds. The van der Waals surface area contributed by atoms with Crippen LogP contribution in [0.2, 0.25) is 0 Å². The van der Waals surface area contributed by atoms with Gasteiger partial charge in [0.1, 0.15) is 17.7 Å². The lowest BCUT2D eigenvalue weighted by Crippen LogP contribution is -2.44. The average Bonchev–Trinajstić information content (AvgIpc) is 3.40. The van der Waals surface area contributed by atoms with Gasteiger partial charge in [0.15, 0.2) is 11.6 Å². The standard InChI is InChI=1S/C20H24FN5O/c1-20(5-6-20)27-17-11-14(3-4-15(17)21)19(22)16-12-18(24-13-23-16)26-9-7-25(2)8-10-26/h3-4,11-13,22H,5-10H2,1-2H3. The minimum atomic E-state index is -0.402. The van der Waals surface area contributed by atoms with Gasteiger partial charge >= 0.3 is 0 Å². The van der Waals surface area contributed by atoms with Crippen molar-refractivity contribution in [2.45, 2.75) is 25.4 Å². The second-order valence-electron chi connectivity index (χ2n) is 7.62. The van der Waals surface area contributed by atoms with Crippen LogP contribution in [-0.2, 0) is 0 Å². The van der Waals surface area contributed by atoms with Crippen LogP contribution >= 0.6 is 0 Å². The Morgan fingerprint density at radius 1 is 1.15 bits per heavy atom. The highest BCUT2D eigenvalue weighted by atomic mass is 19.1. The highest BCUT2D eigenvalue weighted by Crippen LogP contribution is 2.40. The lowest BCUT2D eigenvalue weighted by molar-refractivity contribution is 0.191. The third-order valence-corrected chi connectivity index (χ3v) is 5.27. The molecule has 4 rings (SSSR count). The van der Waals surface area contributed by atoms with E-state index in [0.29, 0.717) is 11.3 Å². The molecule has 1 aromatic heterocycles. The third kappa shape index (κ3) is 3.93. The van der Waals surface area contributed by atoms with Crippen LogP contribution in [0.4, 0.5) is 10.2 Å². The maximum atomic E-state index is 14.1. The number of halogens is 1. The lowest BCUT2D eigenvalue weighted by Gasteiger charge is -2.33. The summed E-state index contributed by atoms with van der Waals surface area (Å²) in [5.41, 5.74) is 1.07. The molecular weight excluding hydrogens is 345 g/mol. The first kappa shape index (κ1) is 17.9. The smallest absolute Gasteiger partial charge is 0.165 e. The molecule has 2 aliphatic rings. The molecule has 0 spiro atoms. The second-order valence-corrected chi connectivity index (χ2v) is 7.62. The van der Waals surface area contributed by atoms with Gasteiger partial charge in [-0.05, 0) is 45.0 Å². The van der Waals surface area contributed by atoms with Crippen LogP contribution in [0.25, 0.3) is 0 Å². The summed E-state index contributed by atoms with van der Waals surface area (Å²) >= 11 is 0. The molecule has 0 atom stereocenters. The Labute approximate surface area is 158 Å². The zero-order chi connectivity index (χ0) is 19.0. The fraction of sp³-hybridized carbons (Fsp3) is 0.450. The van der Waals surface area contributed by atoms with E-state index in [1.54, 1.807) is 12.1 Å². The molecule has 2 aromatic rings. The van der Waals surface area contributed by atoms with E-state index < -0.39 is 5.82 Å². The number of likely N-dealkylation sites (N-methyl/N-ethyl adjacent to an activating group) is 1. The summed E-state index contributed by atoms with van der Waals surface area (Å²) in [6, 6.07) is 6.38. The fourth-order valence-corrected chi connectivity index (χ4v) is 3.12. The third-order valence-electron chi connectivity index (χ3n) is 5.27. The maximum Gasteiger partial charge on any atom is 0.165 e. The van der Waals surface area contributed by atoms with Crippen molar-refractivity contribution < 1.29 is 9.13 Å². The second kappa shape index (κ2) is 6.88. The van der Waals surface area contributed by atoms with Crippen LogP contribution in [0.3, 0.4) is 0 Å². The molecule has 27 heavy (non-hydrogen) atoms. The predicted molar refractivity (Wildman–Crippen MR) is 102 cm³/mol. The van der Waals surface area contributed by atoms with E-state index in [2.05, 4.69) is 26.8 Å². The van der Waals surface area contributed by atoms with Gasteiger partial charge in [-0.15, -0.1) is 0 Å². The lowest BCUT2D eigenvalue weighted by atomic mass is 10.1. The largest absolute Gasteiger partial charge is 0.484 e. The minimum absolute atomic E-state index is 0.200. The molecule has 0 bridgehead atoms. The quantitative estimate of drug-likeness (QED) is 0.821. The van der Waals surface area contributed by atoms with Gasteiger partial charge in [-0.2, -0.15) is 0 Å². The van der Waals surface area contributed by atoms with Crippen LogP contribution in [0.15, 0.2) is 30.6 Å². The Balaban J connectivity index is 1.56. The Bertz CT molecular complexity index is 859. The van der Waals surface area contributed by atoms with Crippen LogP contribution in [0.1, 0.15) is 31.0 Å². The van der Waals surface area contributed by atoms with Gasteiger partial charge in [0.2, 0.25) is 0 Å². The topological polar surface area (TPSA) is 65.3 Å². The first-order chi connectivity index (χ1) is 12.9. The number of anilines is 1. The first-order valence-electron chi connectivity index (χ1n) is 9.27. The van der Waals surface area contributed by atoms with Crippen molar-refractivity contribution in [3.63, 3.8) is 0 Å². The Kier molecular flexibility index (Phi) is 4.55. The normalized spacial score (nSPS) is 19.0. The van der Waals surface area contributed by atoms with Gasteiger partial charge in [-0.3, -0.25) is 5.41 Å². The van der Waals surface area contributed by atoms with Crippen molar-refractivity contribution in [3.8, 4) is 5.75 Å². The highest BCUT2D eigenvalue weighted by Gasteiger charge is 2.40. The minimum Gasteiger partial charge on any atom is -0.484 e. The summed E-state index contributed by atoms with van der Waals surface area (Å²) in [6.45, 7) is 5.72. The summed E-state index contributed by atoms with van der Waals surface area (Å²) in [5.74, 6) is 0.619. The van der Waals surface area contributed by atoms with Crippen LogP contribution in [0, 0.1) is 11.2 Å². The van der Waals surface area contributed by atoms with Crippen molar-refractivity contribution in [3.05, 3.63) is 47.7 Å². The molecule has 1 aliphatic heterocycles. The van der Waals surface area contributed by atoms with Crippen LogP contribution < -0.4 is 9.64 Å². The van der Waals surface area contributed by atoms with E-state index in [9.17, 15) is 4.39 Å². The van der Waals surface area contributed by atoms with Gasteiger partial charge in [0.25, 0.3) is 0 Å². The van der Waals surface area contributed by atoms with Crippen molar-refractivity contribution in [2.75, 3.05) is 38.1 Å². The summed E-state index contributed by atoms with van der Waals surface area (Å²) in [7, 11) is 2.11. The number of benzene rings is 1. The summed E-state index contributed by atoms with van der Waals surface area (Å²) in [5, 5.41) is 8.53. The van der Waals surface area contributed by atoms with Gasteiger partial charge in [-0.25, -0.2) is 14.4 Å². The zero-order valence-electron chi connectivity index (χ0n) is 15.7. The maximum absolute atomic E-state index is 14.1. The molecule has 6 nitrogen and oxygen atoms in total. The van der Waals surface area contributed by atoms with Crippen LogP contribution in [0.5, 0.6) is 5.75 Å². The SMILES string of the molecule is CN1CCN(c2cc(C(=N)c3ccc(F)c(OC4(C)CC4)c3)ncn2)CC1. The molecule has 2 heterocycles. The molecule has 0 unspecified atom stereocenters. The summed E-state index contributed by atoms with van der Waals surface area (Å²) in [4.78, 5) is 13.1. The number of nitrogens with one attached hydrogen (secondary N) is 1. The summed E-state index contributed by atoms with van der Waals surface area (Å²) < 4.78 is 19.9. The number of aromatic nitrogens is 2. The number of hydrogen-bond acceptors (Lipinski definition) is 6. The van der Waals surface area contributed by atoms with Crippen molar-refractivity contribution in [1.29, 1.82) is 5.41 Å². The van der Waals surface area contributed by atoms with Gasteiger partial charge in [-0.1, -0.05) is 0 Å². The van der Waals surface area contributed by atoms with Crippen LogP contribution in [-0.4, -0.2) is 59.4 Å². The average molecular weight is 369 g/mol. The van der Waals surface area contributed by atoms with Crippen molar-refractivity contribution in [2.24, 2.45) is 0 Å². The van der Waals surface area contributed by atoms with Gasteiger partial charge in [0, 0.05) is 37.8 Å². The van der Waals surface area contributed by atoms with E-state index in [1.165, 1.54) is 12.4 Å².